The molecule has 0 saturated carbocycles. The summed E-state index contributed by atoms with van der Waals surface area (Å²) >= 11 is 1.19. The number of nitrogen functional groups attached to an aromatic ring is 1. The van der Waals surface area contributed by atoms with E-state index in [-0.39, 0.29) is 12.4 Å². The van der Waals surface area contributed by atoms with Gasteiger partial charge in [0.2, 0.25) is 0 Å². The molecule has 32 heavy (non-hydrogen) atoms. The number of nitrogens with two attached hydrogens (primary N) is 1. The fourth-order valence-electron chi connectivity index (χ4n) is 2.98. The van der Waals surface area contributed by atoms with E-state index in [0.717, 1.165) is 0 Å². The Balaban J connectivity index is 1.90. The molecule has 0 aliphatic heterocycles. The fraction of sp³-hybridized carbons (Fsp3) is 0.208. The number of hydrogen-bond acceptors (Lipinski definition) is 7. The molecule has 2 unspecified atom stereocenters. The standard InChI is InChI=1S/C24H24FNO5S/c1-3-30-24(28)22(27)23(15-11-12-20(29-2)18(25)13-15)32-17-8-6-7-16(14-17)31-21-10-5-4-9-19(21)26/h4-14,22-23,27H,3,26H2,1-2H3. The lowest BCUT2D eigenvalue weighted by Gasteiger charge is -2.22. The van der Waals surface area contributed by atoms with Crippen molar-refractivity contribution in [3.63, 3.8) is 0 Å². The minimum absolute atomic E-state index is 0.0685. The lowest BCUT2D eigenvalue weighted by Crippen LogP contribution is -2.28. The summed E-state index contributed by atoms with van der Waals surface area (Å²) in [6.45, 7) is 1.77. The predicted octanol–water partition coefficient (Wildman–Crippen LogP) is 4.97. The molecule has 0 saturated heterocycles. The van der Waals surface area contributed by atoms with Crippen LogP contribution in [0, 0.1) is 5.82 Å². The number of carbonyl (C=O) groups is 1. The second-order valence-electron chi connectivity index (χ2n) is 6.74. The highest BCUT2D eigenvalue weighted by atomic mass is 32.2. The average Bonchev–Trinajstić information content (AvgIpc) is 2.79. The Labute approximate surface area is 190 Å². The van der Waals surface area contributed by atoms with Gasteiger partial charge in [-0.25, -0.2) is 9.18 Å². The topological polar surface area (TPSA) is 91.0 Å². The zero-order valence-electron chi connectivity index (χ0n) is 17.7. The number of anilines is 1. The number of esters is 1. The smallest absolute Gasteiger partial charge is 0.336 e. The minimum atomic E-state index is -1.51. The van der Waals surface area contributed by atoms with Gasteiger partial charge < -0.3 is 25.1 Å². The number of ether oxygens (including phenoxy) is 3. The highest BCUT2D eigenvalue weighted by Gasteiger charge is 2.30. The van der Waals surface area contributed by atoms with Crippen LogP contribution in [0.5, 0.6) is 17.2 Å². The molecule has 6 nitrogen and oxygen atoms in total. The first-order chi connectivity index (χ1) is 15.4. The Morgan fingerprint density at radius 2 is 1.88 bits per heavy atom. The molecule has 3 rings (SSSR count). The first kappa shape index (κ1) is 23.4. The van der Waals surface area contributed by atoms with Crippen LogP contribution < -0.4 is 15.2 Å². The molecule has 0 radical (unpaired) electrons. The normalized spacial score (nSPS) is 12.6. The number of para-hydroxylation sites is 2. The molecule has 3 aromatic carbocycles. The summed E-state index contributed by atoms with van der Waals surface area (Å²) in [5.74, 6) is -0.277. The average molecular weight is 458 g/mol. The van der Waals surface area contributed by atoms with E-state index >= 15 is 0 Å². The van der Waals surface area contributed by atoms with Crippen LogP contribution in [0.15, 0.2) is 71.6 Å². The van der Waals surface area contributed by atoms with Crippen LogP contribution in [-0.2, 0) is 9.53 Å². The zero-order chi connectivity index (χ0) is 23.1. The van der Waals surface area contributed by atoms with E-state index in [1.165, 1.54) is 31.0 Å². The number of carbonyl (C=O) groups excluding carboxylic acids is 1. The van der Waals surface area contributed by atoms with Gasteiger partial charge in [0.15, 0.2) is 17.7 Å². The summed E-state index contributed by atoms with van der Waals surface area (Å²) in [4.78, 5) is 13.0. The maximum Gasteiger partial charge on any atom is 0.336 e. The van der Waals surface area contributed by atoms with Crippen LogP contribution >= 0.6 is 11.8 Å². The highest BCUT2D eigenvalue weighted by molar-refractivity contribution is 7.99. The highest BCUT2D eigenvalue weighted by Crippen LogP contribution is 2.41. The SMILES string of the molecule is CCOC(=O)C(O)C(Sc1cccc(Oc2ccccc2N)c1)c1ccc(OC)c(F)c1. The number of aliphatic hydroxyl groups is 1. The van der Waals surface area contributed by atoms with Crippen molar-refractivity contribution in [1.82, 2.24) is 0 Å². The van der Waals surface area contributed by atoms with Crippen LogP contribution in [0.1, 0.15) is 17.7 Å². The Kier molecular flexibility index (Phi) is 7.97. The zero-order valence-corrected chi connectivity index (χ0v) is 18.5. The van der Waals surface area contributed by atoms with E-state index in [1.54, 1.807) is 49.4 Å². The van der Waals surface area contributed by atoms with Crippen molar-refractivity contribution in [3.05, 3.63) is 78.1 Å². The molecular formula is C24H24FNO5S. The molecule has 0 spiro atoms. The summed E-state index contributed by atoms with van der Waals surface area (Å²) in [6.07, 6.45) is -1.51. The molecular weight excluding hydrogens is 433 g/mol. The van der Waals surface area contributed by atoms with Gasteiger partial charge in [-0.1, -0.05) is 24.3 Å². The Morgan fingerprint density at radius 1 is 1.09 bits per heavy atom. The van der Waals surface area contributed by atoms with Gasteiger partial charge in [-0.2, -0.15) is 0 Å². The first-order valence-corrected chi connectivity index (χ1v) is 10.8. The maximum atomic E-state index is 14.3. The Bertz CT molecular complexity index is 1080. The third kappa shape index (κ3) is 5.72. The van der Waals surface area contributed by atoms with Crippen molar-refractivity contribution in [2.24, 2.45) is 0 Å². The van der Waals surface area contributed by atoms with E-state index < -0.39 is 23.1 Å². The van der Waals surface area contributed by atoms with E-state index in [9.17, 15) is 14.3 Å². The lowest BCUT2D eigenvalue weighted by molar-refractivity contribution is -0.153. The minimum Gasteiger partial charge on any atom is -0.494 e. The third-order valence-corrected chi connectivity index (χ3v) is 5.84. The molecule has 0 fully saturated rings. The third-order valence-electron chi connectivity index (χ3n) is 4.53. The Hall–Kier alpha value is -3.23. The van der Waals surface area contributed by atoms with Gasteiger partial charge in [0.1, 0.15) is 11.5 Å². The number of rotatable bonds is 9. The van der Waals surface area contributed by atoms with Crippen molar-refractivity contribution in [2.45, 2.75) is 23.2 Å². The number of benzene rings is 3. The second-order valence-corrected chi connectivity index (χ2v) is 7.96. The number of thioether (sulfide) groups is 1. The largest absolute Gasteiger partial charge is 0.494 e. The van der Waals surface area contributed by atoms with Crippen molar-refractivity contribution < 1.29 is 28.5 Å². The molecule has 0 bridgehead atoms. The fourth-order valence-corrected chi connectivity index (χ4v) is 4.14. The van der Waals surface area contributed by atoms with Crippen molar-refractivity contribution >= 4 is 23.4 Å². The molecule has 0 aliphatic rings. The van der Waals surface area contributed by atoms with E-state index in [1.807, 2.05) is 12.1 Å². The molecule has 8 heteroatoms. The van der Waals surface area contributed by atoms with Crippen LogP contribution in [0.25, 0.3) is 0 Å². The van der Waals surface area contributed by atoms with Gasteiger partial charge in [0, 0.05) is 4.90 Å². The van der Waals surface area contributed by atoms with Crippen molar-refractivity contribution in [3.8, 4) is 17.2 Å². The summed E-state index contributed by atoms with van der Waals surface area (Å²) in [6, 6.07) is 18.5. The van der Waals surface area contributed by atoms with Gasteiger partial charge in [-0.05, 0) is 55.0 Å². The van der Waals surface area contributed by atoms with E-state index in [2.05, 4.69) is 0 Å². The molecule has 0 aromatic heterocycles. The summed E-state index contributed by atoms with van der Waals surface area (Å²) in [5.41, 5.74) is 6.85. The van der Waals surface area contributed by atoms with Gasteiger partial charge in [-0.15, -0.1) is 11.8 Å². The molecule has 168 valence electrons. The van der Waals surface area contributed by atoms with Crippen LogP contribution in [-0.4, -0.2) is 30.9 Å². The number of methoxy groups -OCH3 is 1. The summed E-state index contributed by atoms with van der Waals surface area (Å²) in [7, 11) is 1.36. The van der Waals surface area contributed by atoms with E-state index in [0.29, 0.717) is 27.6 Å². The molecule has 0 amide bonds. The van der Waals surface area contributed by atoms with Gasteiger partial charge in [0.05, 0.1) is 24.7 Å². The molecule has 3 aromatic rings. The van der Waals surface area contributed by atoms with Crippen LogP contribution in [0.3, 0.4) is 0 Å². The number of halogens is 1. The van der Waals surface area contributed by atoms with Gasteiger partial charge in [0.25, 0.3) is 0 Å². The quantitative estimate of drug-likeness (QED) is 0.266. The first-order valence-electron chi connectivity index (χ1n) is 9.90. The van der Waals surface area contributed by atoms with Gasteiger partial charge in [-0.3, -0.25) is 0 Å². The summed E-state index contributed by atoms with van der Waals surface area (Å²) < 4.78 is 30.1. The predicted molar refractivity (Wildman–Crippen MR) is 122 cm³/mol. The van der Waals surface area contributed by atoms with Crippen molar-refractivity contribution in [1.29, 1.82) is 0 Å². The van der Waals surface area contributed by atoms with Crippen LogP contribution in [0.4, 0.5) is 10.1 Å². The molecule has 3 N–H and O–H groups in total. The Morgan fingerprint density at radius 3 is 2.56 bits per heavy atom. The second kappa shape index (κ2) is 10.9. The van der Waals surface area contributed by atoms with Gasteiger partial charge >= 0.3 is 5.97 Å². The number of aliphatic hydroxyl groups excluding tert-OH is 1. The van der Waals surface area contributed by atoms with Crippen LogP contribution in [0.2, 0.25) is 0 Å². The molecule has 0 aliphatic carbocycles. The monoisotopic (exact) mass is 457 g/mol. The maximum absolute atomic E-state index is 14.3. The molecule has 0 heterocycles. The lowest BCUT2D eigenvalue weighted by atomic mass is 10.1. The van der Waals surface area contributed by atoms with Crippen molar-refractivity contribution in [2.75, 3.05) is 19.5 Å². The number of hydrogen-bond donors (Lipinski definition) is 2. The summed E-state index contributed by atoms with van der Waals surface area (Å²) in [5, 5.41) is 9.86. The van der Waals surface area contributed by atoms with E-state index in [4.69, 9.17) is 19.9 Å². The molecule has 2 atom stereocenters.